The SMILES string of the molecule is COc1ccc(-c2ncc[nH]2)cc1B1OC(C)(C)C(C)(C)O1. The molecule has 1 aromatic heterocycles. The van der Waals surface area contributed by atoms with Crippen molar-refractivity contribution in [1.29, 1.82) is 0 Å². The number of H-pyrrole nitrogens is 1. The van der Waals surface area contributed by atoms with Crippen molar-refractivity contribution in [2.24, 2.45) is 0 Å². The van der Waals surface area contributed by atoms with Gasteiger partial charge in [0.2, 0.25) is 0 Å². The lowest BCUT2D eigenvalue weighted by Gasteiger charge is -2.32. The maximum absolute atomic E-state index is 6.13. The number of ether oxygens (including phenoxy) is 1. The third kappa shape index (κ3) is 2.42. The lowest BCUT2D eigenvalue weighted by Crippen LogP contribution is -2.41. The summed E-state index contributed by atoms with van der Waals surface area (Å²) in [4.78, 5) is 7.40. The summed E-state index contributed by atoms with van der Waals surface area (Å²) < 4.78 is 17.7. The highest BCUT2D eigenvalue weighted by molar-refractivity contribution is 6.63. The first-order valence-corrected chi connectivity index (χ1v) is 7.37. The molecular weight excluding hydrogens is 279 g/mol. The summed E-state index contributed by atoms with van der Waals surface area (Å²) in [5.41, 5.74) is 1.07. The maximum Gasteiger partial charge on any atom is 0.498 e. The molecule has 116 valence electrons. The van der Waals surface area contributed by atoms with Crippen LogP contribution in [0.5, 0.6) is 5.75 Å². The topological polar surface area (TPSA) is 56.4 Å². The maximum atomic E-state index is 6.13. The van der Waals surface area contributed by atoms with Gasteiger partial charge in [-0.3, -0.25) is 0 Å². The average molecular weight is 300 g/mol. The Labute approximate surface area is 131 Å². The zero-order valence-electron chi connectivity index (χ0n) is 13.6. The van der Waals surface area contributed by atoms with E-state index < -0.39 is 7.12 Å². The van der Waals surface area contributed by atoms with Gasteiger partial charge in [0.15, 0.2) is 0 Å². The van der Waals surface area contributed by atoms with Gasteiger partial charge < -0.3 is 19.0 Å². The fraction of sp³-hybridized carbons (Fsp3) is 0.438. The number of nitrogens with zero attached hydrogens (tertiary/aromatic N) is 1. The van der Waals surface area contributed by atoms with Crippen LogP contribution in [0.25, 0.3) is 11.4 Å². The number of hydrogen-bond donors (Lipinski definition) is 1. The molecule has 1 aliphatic heterocycles. The van der Waals surface area contributed by atoms with Crippen LogP contribution in [0.3, 0.4) is 0 Å². The fourth-order valence-corrected chi connectivity index (χ4v) is 2.46. The minimum Gasteiger partial charge on any atom is -0.497 e. The Hall–Kier alpha value is -1.79. The summed E-state index contributed by atoms with van der Waals surface area (Å²) >= 11 is 0. The van der Waals surface area contributed by atoms with E-state index in [0.717, 1.165) is 22.6 Å². The molecule has 3 rings (SSSR count). The van der Waals surface area contributed by atoms with Gasteiger partial charge in [-0.2, -0.15) is 0 Å². The van der Waals surface area contributed by atoms with Crippen LogP contribution < -0.4 is 10.2 Å². The van der Waals surface area contributed by atoms with E-state index in [9.17, 15) is 0 Å². The largest absolute Gasteiger partial charge is 0.498 e. The molecule has 0 aliphatic carbocycles. The molecule has 0 atom stereocenters. The molecule has 5 nitrogen and oxygen atoms in total. The molecule has 2 heterocycles. The molecule has 6 heteroatoms. The quantitative estimate of drug-likeness (QED) is 0.884. The fourth-order valence-electron chi connectivity index (χ4n) is 2.46. The third-order valence-electron chi connectivity index (χ3n) is 4.51. The van der Waals surface area contributed by atoms with Gasteiger partial charge in [0.05, 0.1) is 18.3 Å². The predicted molar refractivity (Wildman–Crippen MR) is 86.3 cm³/mol. The molecule has 1 aliphatic rings. The summed E-state index contributed by atoms with van der Waals surface area (Å²) in [5, 5.41) is 0. The van der Waals surface area contributed by atoms with Crippen molar-refractivity contribution in [3.05, 3.63) is 30.6 Å². The smallest absolute Gasteiger partial charge is 0.497 e. The van der Waals surface area contributed by atoms with E-state index in [1.165, 1.54) is 0 Å². The molecule has 0 unspecified atom stereocenters. The number of hydrogen-bond acceptors (Lipinski definition) is 4. The predicted octanol–water partition coefficient (Wildman–Crippen LogP) is 2.38. The van der Waals surface area contributed by atoms with Crippen molar-refractivity contribution >= 4 is 12.6 Å². The van der Waals surface area contributed by atoms with Crippen molar-refractivity contribution in [2.45, 2.75) is 38.9 Å². The third-order valence-corrected chi connectivity index (χ3v) is 4.51. The van der Waals surface area contributed by atoms with E-state index in [2.05, 4.69) is 9.97 Å². The molecule has 1 aromatic carbocycles. The highest BCUT2D eigenvalue weighted by Crippen LogP contribution is 2.37. The van der Waals surface area contributed by atoms with Crippen LogP contribution in [-0.2, 0) is 9.31 Å². The summed E-state index contributed by atoms with van der Waals surface area (Å²) in [6.45, 7) is 8.15. The molecule has 0 amide bonds. The molecule has 22 heavy (non-hydrogen) atoms. The number of aromatic amines is 1. The van der Waals surface area contributed by atoms with Crippen LogP contribution in [0.4, 0.5) is 0 Å². The van der Waals surface area contributed by atoms with Crippen LogP contribution in [0.15, 0.2) is 30.6 Å². The zero-order chi connectivity index (χ0) is 16.0. The van der Waals surface area contributed by atoms with Crippen molar-refractivity contribution in [3.63, 3.8) is 0 Å². The summed E-state index contributed by atoms with van der Waals surface area (Å²) in [6.07, 6.45) is 3.53. The number of benzene rings is 1. The second-order valence-corrected chi connectivity index (χ2v) is 6.48. The van der Waals surface area contributed by atoms with Gasteiger partial charge in [-0.05, 0) is 45.9 Å². The van der Waals surface area contributed by atoms with Crippen LogP contribution in [0.2, 0.25) is 0 Å². The highest BCUT2D eigenvalue weighted by Gasteiger charge is 2.52. The first-order chi connectivity index (χ1) is 10.3. The van der Waals surface area contributed by atoms with Gasteiger partial charge in [0, 0.05) is 23.4 Å². The monoisotopic (exact) mass is 300 g/mol. The van der Waals surface area contributed by atoms with E-state index in [0.29, 0.717) is 0 Å². The Morgan fingerprint density at radius 2 is 1.82 bits per heavy atom. The van der Waals surface area contributed by atoms with Crippen LogP contribution >= 0.6 is 0 Å². The lowest BCUT2D eigenvalue weighted by atomic mass is 9.77. The van der Waals surface area contributed by atoms with E-state index >= 15 is 0 Å². The Morgan fingerprint density at radius 1 is 1.14 bits per heavy atom. The van der Waals surface area contributed by atoms with E-state index in [1.54, 1.807) is 19.5 Å². The van der Waals surface area contributed by atoms with Crippen molar-refractivity contribution in [2.75, 3.05) is 7.11 Å². The lowest BCUT2D eigenvalue weighted by molar-refractivity contribution is 0.00578. The van der Waals surface area contributed by atoms with Gasteiger partial charge in [0.1, 0.15) is 11.6 Å². The Balaban J connectivity index is 2.01. The Morgan fingerprint density at radius 3 is 2.36 bits per heavy atom. The van der Waals surface area contributed by atoms with Gasteiger partial charge >= 0.3 is 7.12 Å². The standard InChI is InChI=1S/C16H21BN2O3/c1-15(2)16(3,4)22-17(21-15)12-10-11(6-7-13(12)20-5)14-18-8-9-19-14/h6-10H,1-5H3,(H,18,19). The van der Waals surface area contributed by atoms with Gasteiger partial charge in [0.25, 0.3) is 0 Å². The summed E-state index contributed by atoms with van der Waals surface area (Å²) in [7, 11) is 1.19. The minimum absolute atomic E-state index is 0.386. The summed E-state index contributed by atoms with van der Waals surface area (Å²) in [6, 6.07) is 5.88. The molecule has 0 radical (unpaired) electrons. The molecule has 1 fully saturated rings. The Kier molecular flexibility index (Phi) is 3.53. The van der Waals surface area contributed by atoms with Crippen molar-refractivity contribution < 1.29 is 14.0 Å². The van der Waals surface area contributed by atoms with Crippen LogP contribution in [0, 0.1) is 0 Å². The second-order valence-electron chi connectivity index (χ2n) is 6.48. The Bertz CT molecular complexity index is 652. The molecule has 1 saturated heterocycles. The van der Waals surface area contributed by atoms with E-state index in [4.69, 9.17) is 14.0 Å². The number of rotatable bonds is 3. The molecule has 0 saturated carbocycles. The number of nitrogens with one attached hydrogen (secondary N) is 1. The summed E-state index contributed by atoms with van der Waals surface area (Å²) in [5.74, 6) is 1.55. The second kappa shape index (κ2) is 5.14. The van der Waals surface area contributed by atoms with Gasteiger partial charge in [-0.15, -0.1) is 0 Å². The highest BCUT2D eigenvalue weighted by atomic mass is 16.7. The van der Waals surface area contributed by atoms with E-state index in [-0.39, 0.29) is 11.2 Å². The number of aromatic nitrogens is 2. The van der Waals surface area contributed by atoms with Crippen LogP contribution in [-0.4, -0.2) is 35.4 Å². The van der Waals surface area contributed by atoms with Gasteiger partial charge in [-0.25, -0.2) is 4.98 Å². The van der Waals surface area contributed by atoms with Gasteiger partial charge in [-0.1, -0.05) is 0 Å². The van der Waals surface area contributed by atoms with Crippen molar-refractivity contribution in [3.8, 4) is 17.1 Å². The first-order valence-electron chi connectivity index (χ1n) is 7.37. The molecule has 1 N–H and O–H groups in total. The normalized spacial score (nSPS) is 19.4. The number of methoxy groups -OCH3 is 1. The van der Waals surface area contributed by atoms with Crippen LogP contribution in [0.1, 0.15) is 27.7 Å². The molecular formula is C16H21BN2O3. The molecule has 2 aromatic rings. The van der Waals surface area contributed by atoms with Crippen molar-refractivity contribution in [1.82, 2.24) is 9.97 Å². The molecule has 0 bridgehead atoms. The first kappa shape index (κ1) is 15.1. The average Bonchev–Trinajstić information content (AvgIpc) is 3.05. The molecule has 0 spiro atoms. The zero-order valence-corrected chi connectivity index (χ0v) is 13.6. The minimum atomic E-state index is -0.463. The van der Waals surface area contributed by atoms with E-state index in [1.807, 2.05) is 45.9 Å². The number of imidazole rings is 1.